The van der Waals surface area contributed by atoms with Gasteiger partial charge < -0.3 is 0 Å². The SMILES string of the molecule is C[C@@H]1CCc2ccccc2N1S(=O)(=O)c1ccccc1. The number of hydrogen-bond donors (Lipinski definition) is 0. The van der Waals surface area contributed by atoms with Gasteiger partial charge >= 0.3 is 0 Å². The Hall–Kier alpha value is -1.81. The number of rotatable bonds is 2. The average Bonchev–Trinajstić information content (AvgIpc) is 2.47. The third kappa shape index (κ3) is 2.10. The first-order valence-electron chi connectivity index (χ1n) is 6.78. The predicted octanol–water partition coefficient (Wildman–Crippen LogP) is 3.22. The fourth-order valence-electron chi connectivity index (χ4n) is 2.73. The molecule has 104 valence electrons. The number of aryl methyl sites for hydroxylation is 1. The summed E-state index contributed by atoms with van der Waals surface area (Å²) in [6.45, 7) is 1.97. The lowest BCUT2D eigenvalue weighted by Crippen LogP contribution is -2.41. The van der Waals surface area contributed by atoms with E-state index < -0.39 is 10.0 Å². The highest BCUT2D eigenvalue weighted by atomic mass is 32.2. The zero-order valence-electron chi connectivity index (χ0n) is 11.4. The summed E-state index contributed by atoms with van der Waals surface area (Å²) in [5.41, 5.74) is 1.92. The summed E-state index contributed by atoms with van der Waals surface area (Å²) >= 11 is 0. The molecule has 1 heterocycles. The minimum absolute atomic E-state index is 0.0184. The lowest BCUT2D eigenvalue weighted by molar-refractivity contribution is 0.563. The lowest BCUT2D eigenvalue weighted by atomic mass is 9.99. The van der Waals surface area contributed by atoms with Crippen LogP contribution in [0.3, 0.4) is 0 Å². The maximum Gasteiger partial charge on any atom is 0.264 e. The Morgan fingerprint density at radius 3 is 2.40 bits per heavy atom. The molecule has 2 aromatic rings. The molecule has 20 heavy (non-hydrogen) atoms. The van der Waals surface area contributed by atoms with E-state index in [-0.39, 0.29) is 6.04 Å². The fraction of sp³-hybridized carbons (Fsp3) is 0.250. The molecule has 0 N–H and O–H groups in total. The van der Waals surface area contributed by atoms with Crippen LogP contribution in [0, 0.1) is 0 Å². The van der Waals surface area contributed by atoms with Crippen LogP contribution < -0.4 is 4.31 Å². The lowest BCUT2D eigenvalue weighted by Gasteiger charge is -2.35. The van der Waals surface area contributed by atoms with E-state index in [0.29, 0.717) is 4.90 Å². The van der Waals surface area contributed by atoms with Gasteiger partial charge in [-0.15, -0.1) is 0 Å². The number of sulfonamides is 1. The van der Waals surface area contributed by atoms with Crippen molar-refractivity contribution in [1.82, 2.24) is 0 Å². The van der Waals surface area contributed by atoms with Crippen molar-refractivity contribution in [1.29, 1.82) is 0 Å². The molecule has 0 aromatic heterocycles. The molecule has 0 aliphatic carbocycles. The summed E-state index contributed by atoms with van der Waals surface area (Å²) in [7, 11) is -3.49. The van der Waals surface area contributed by atoms with E-state index in [1.54, 1.807) is 28.6 Å². The number of fused-ring (bicyclic) bond motifs is 1. The van der Waals surface area contributed by atoms with Crippen molar-refractivity contribution in [2.45, 2.75) is 30.7 Å². The molecular weight excluding hydrogens is 270 g/mol. The summed E-state index contributed by atoms with van der Waals surface area (Å²) in [4.78, 5) is 0.351. The van der Waals surface area contributed by atoms with Gasteiger partial charge in [0.2, 0.25) is 0 Å². The molecule has 4 heteroatoms. The monoisotopic (exact) mass is 287 g/mol. The van der Waals surface area contributed by atoms with E-state index in [9.17, 15) is 8.42 Å². The Labute approximate surface area is 119 Å². The first kappa shape index (κ1) is 13.2. The third-order valence-corrected chi connectivity index (χ3v) is 5.70. The van der Waals surface area contributed by atoms with E-state index >= 15 is 0 Å². The van der Waals surface area contributed by atoms with Crippen molar-refractivity contribution < 1.29 is 8.42 Å². The number of para-hydroxylation sites is 1. The predicted molar refractivity (Wildman–Crippen MR) is 80.3 cm³/mol. The van der Waals surface area contributed by atoms with Crippen LogP contribution in [0.1, 0.15) is 18.9 Å². The molecule has 0 saturated heterocycles. The summed E-state index contributed by atoms with van der Waals surface area (Å²) in [6, 6.07) is 16.4. The standard InChI is InChI=1S/C16H17NO2S/c1-13-11-12-14-7-5-6-10-16(14)17(13)20(18,19)15-8-3-2-4-9-15/h2-10,13H,11-12H2,1H3/t13-/m1/s1. The molecule has 2 aromatic carbocycles. The van der Waals surface area contributed by atoms with Gasteiger partial charge in [0.25, 0.3) is 10.0 Å². The molecule has 3 rings (SSSR count). The third-order valence-electron chi connectivity index (χ3n) is 3.76. The molecule has 0 amide bonds. The molecule has 1 aliphatic rings. The van der Waals surface area contributed by atoms with Crippen LogP contribution in [0.5, 0.6) is 0 Å². The molecule has 0 bridgehead atoms. The topological polar surface area (TPSA) is 37.4 Å². The average molecular weight is 287 g/mol. The fourth-order valence-corrected chi connectivity index (χ4v) is 4.47. The van der Waals surface area contributed by atoms with Crippen molar-refractivity contribution in [2.24, 2.45) is 0 Å². The van der Waals surface area contributed by atoms with Gasteiger partial charge in [-0.2, -0.15) is 0 Å². The summed E-state index contributed by atoms with van der Waals surface area (Å²) in [6.07, 6.45) is 1.78. The van der Waals surface area contributed by atoms with Gasteiger partial charge in [-0.05, 0) is 43.5 Å². The van der Waals surface area contributed by atoms with Crippen molar-refractivity contribution >= 4 is 15.7 Å². The van der Waals surface area contributed by atoms with Crippen molar-refractivity contribution in [2.75, 3.05) is 4.31 Å². The maximum absolute atomic E-state index is 12.9. The molecule has 0 fully saturated rings. The van der Waals surface area contributed by atoms with Crippen LogP contribution in [-0.4, -0.2) is 14.5 Å². The second-order valence-corrected chi connectivity index (χ2v) is 6.95. The minimum atomic E-state index is -3.49. The second kappa shape index (κ2) is 4.94. The maximum atomic E-state index is 12.9. The van der Waals surface area contributed by atoms with Crippen LogP contribution in [0.15, 0.2) is 59.5 Å². The first-order valence-corrected chi connectivity index (χ1v) is 8.22. The van der Waals surface area contributed by atoms with E-state index in [2.05, 4.69) is 0 Å². The molecule has 0 saturated carbocycles. The van der Waals surface area contributed by atoms with Gasteiger partial charge in [0.05, 0.1) is 10.6 Å². The van der Waals surface area contributed by atoms with Crippen LogP contribution in [0.2, 0.25) is 0 Å². The molecular formula is C16H17NO2S. The molecule has 1 aliphatic heterocycles. The van der Waals surface area contributed by atoms with E-state index in [4.69, 9.17) is 0 Å². The highest BCUT2D eigenvalue weighted by Crippen LogP contribution is 2.34. The van der Waals surface area contributed by atoms with Crippen LogP contribution in [-0.2, 0) is 16.4 Å². The molecule has 3 nitrogen and oxygen atoms in total. The zero-order chi connectivity index (χ0) is 14.2. The zero-order valence-corrected chi connectivity index (χ0v) is 12.2. The van der Waals surface area contributed by atoms with Crippen molar-refractivity contribution in [3.05, 3.63) is 60.2 Å². The Bertz CT molecular complexity index is 710. The Kier molecular flexibility index (Phi) is 3.26. The first-order chi connectivity index (χ1) is 9.60. The van der Waals surface area contributed by atoms with Gasteiger partial charge in [0.1, 0.15) is 0 Å². The van der Waals surface area contributed by atoms with Crippen LogP contribution in [0.25, 0.3) is 0 Å². The number of benzene rings is 2. The van der Waals surface area contributed by atoms with Gasteiger partial charge in [-0.3, -0.25) is 4.31 Å². The van der Waals surface area contributed by atoms with E-state index in [1.807, 2.05) is 37.3 Å². The quantitative estimate of drug-likeness (QED) is 0.850. The highest BCUT2D eigenvalue weighted by molar-refractivity contribution is 7.92. The normalized spacial score (nSPS) is 18.6. The van der Waals surface area contributed by atoms with E-state index in [1.165, 1.54) is 0 Å². The number of anilines is 1. The molecule has 0 spiro atoms. The van der Waals surface area contributed by atoms with Gasteiger partial charge in [-0.1, -0.05) is 36.4 Å². The van der Waals surface area contributed by atoms with Gasteiger partial charge in [-0.25, -0.2) is 8.42 Å². The minimum Gasteiger partial charge on any atom is -0.263 e. The smallest absolute Gasteiger partial charge is 0.263 e. The van der Waals surface area contributed by atoms with Crippen molar-refractivity contribution in [3.8, 4) is 0 Å². The van der Waals surface area contributed by atoms with Crippen molar-refractivity contribution in [3.63, 3.8) is 0 Å². The molecule has 0 unspecified atom stereocenters. The summed E-state index contributed by atoms with van der Waals surface area (Å²) in [5, 5.41) is 0. The summed E-state index contributed by atoms with van der Waals surface area (Å²) < 4.78 is 27.3. The molecule has 0 radical (unpaired) electrons. The van der Waals surface area contributed by atoms with Crippen LogP contribution >= 0.6 is 0 Å². The van der Waals surface area contributed by atoms with Gasteiger partial charge in [0, 0.05) is 6.04 Å². The Morgan fingerprint density at radius 1 is 1.00 bits per heavy atom. The largest absolute Gasteiger partial charge is 0.264 e. The Morgan fingerprint density at radius 2 is 1.65 bits per heavy atom. The number of hydrogen-bond acceptors (Lipinski definition) is 2. The Balaban J connectivity index is 2.14. The van der Waals surface area contributed by atoms with Crippen LogP contribution in [0.4, 0.5) is 5.69 Å². The highest BCUT2D eigenvalue weighted by Gasteiger charge is 2.33. The van der Waals surface area contributed by atoms with Gasteiger partial charge in [0.15, 0.2) is 0 Å². The second-order valence-electron chi connectivity index (χ2n) is 5.13. The summed E-state index contributed by atoms with van der Waals surface area (Å²) in [5.74, 6) is 0. The number of nitrogens with zero attached hydrogens (tertiary/aromatic N) is 1. The molecule has 1 atom stereocenters. The van der Waals surface area contributed by atoms with E-state index in [0.717, 1.165) is 24.1 Å².